The number of hydrogen-bond donors (Lipinski definition) is 3. The van der Waals surface area contributed by atoms with E-state index in [0.717, 1.165) is 31.4 Å². The predicted octanol–water partition coefficient (Wildman–Crippen LogP) is 0.474. The molecule has 0 aliphatic carbocycles. The number of piperidine rings is 1. The molecule has 23 heavy (non-hydrogen) atoms. The molecule has 1 heterocycles. The number of hydrogen-bond acceptors (Lipinski definition) is 5. The van der Waals surface area contributed by atoms with Crippen LogP contribution in [0.2, 0.25) is 0 Å². The second-order valence-electron chi connectivity index (χ2n) is 5.71. The first kappa shape index (κ1) is 18.1. The van der Waals surface area contributed by atoms with E-state index in [4.69, 9.17) is 0 Å². The number of nitrogens with one attached hydrogen (secondary N) is 3. The summed E-state index contributed by atoms with van der Waals surface area (Å²) in [6.45, 7) is 3.30. The molecule has 1 aromatic carbocycles. The Labute approximate surface area is 135 Å². The van der Waals surface area contributed by atoms with Crippen molar-refractivity contribution in [2.24, 2.45) is 5.92 Å². The Kier molecular flexibility index (Phi) is 5.29. The molecule has 1 fully saturated rings. The zero-order valence-electron chi connectivity index (χ0n) is 12.8. The zero-order valence-corrected chi connectivity index (χ0v) is 14.5. The van der Waals surface area contributed by atoms with Crippen LogP contribution in [-0.2, 0) is 20.0 Å². The summed E-state index contributed by atoms with van der Waals surface area (Å²) >= 11 is 0. The van der Waals surface area contributed by atoms with Crippen LogP contribution >= 0.6 is 0 Å². The quantitative estimate of drug-likeness (QED) is 0.704. The third-order valence-electron chi connectivity index (χ3n) is 3.68. The molecule has 0 bridgehead atoms. The number of rotatable bonds is 5. The van der Waals surface area contributed by atoms with Crippen LogP contribution < -0.4 is 14.8 Å². The molecule has 0 aromatic heterocycles. The first-order valence-electron chi connectivity index (χ1n) is 7.09. The Morgan fingerprint density at radius 2 is 1.96 bits per heavy atom. The summed E-state index contributed by atoms with van der Waals surface area (Å²) in [5, 5.41) is 3.11. The first-order chi connectivity index (χ1) is 10.6. The fourth-order valence-corrected chi connectivity index (χ4v) is 4.28. The van der Waals surface area contributed by atoms with Crippen molar-refractivity contribution < 1.29 is 21.2 Å². The highest BCUT2D eigenvalue weighted by Crippen LogP contribution is 2.21. The Bertz CT molecular complexity index is 780. The first-order valence-corrected chi connectivity index (χ1v) is 10.5. The summed E-state index contributed by atoms with van der Waals surface area (Å²) < 4.78 is 65.4. The van der Waals surface area contributed by atoms with E-state index < -0.39 is 25.9 Å². The Hall–Kier alpha value is -1.23. The Morgan fingerprint density at radius 3 is 2.52 bits per heavy atom. The molecule has 3 N–H and O–H groups in total. The molecule has 1 aromatic rings. The highest BCUT2D eigenvalue weighted by atomic mass is 32.2. The second kappa shape index (κ2) is 6.71. The van der Waals surface area contributed by atoms with Gasteiger partial charge in [0, 0.05) is 12.6 Å². The zero-order chi connectivity index (χ0) is 17.3. The highest BCUT2D eigenvalue weighted by Gasteiger charge is 2.27. The van der Waals surface area contributed by atoms with Gasteiger partial charge in [0.1, 0.15) is 5.82 Å². The molecule has 0 amide bonds. The number of anilines is 1. The van der Waals surface area contributed by atoms with Crippen molar-refractivity contribution in [1.82, 2.24) is 10.0 Å². The van der Waals surface area contributed by atoms with Gasteiger partial charge in [0.15, 0.2) is 0 Å². The lowest BCUT2D eigenvalue weighted by Crippen LogP contribution is -2.50. The summed E-state index contributed by atoms with van der Waals surface area (Å²) in [5.74, 6) is -0.782. The predicted molar refractivity (Wildman–Crippen MR) is 85.6 cm³/mol. The molecule has 1 saturated heterocycles. The maximum absolute atomic E-state index is 13.9. The SMILES string of the molecule is CC1CCNCC1NS(=O)(=O)c1ccc(NS(C)(=O)=O)c(F)c1. The van der Waals surface area contributed by atoms with Crippen molar-refractivity contribution in [3.63, 3.8) is 0 Å². The minimum atomic E-state index is -3.88. The minimum absolute atomic E-state index is 0.169. The van der Waals surface area contributed by atoms with Gasteiger partial charge >= 0.3 is 0 Å². The van der Waals surface area contributed by atoms with E-state index in [1.54, 1.807) is 0 Å². The van der Waals surface area contributed by atoms with Gasteiger partial charge in [-0.3, -0.25) is 4.72 Å². The van der Waals surface area contributed by atoms with Gasteiger partial charge in [0.2, 0.25) is 20.0 Å². The van der Waals surface area contributed by atoms with Crippen molar-refractivity contribution in [1.29, 1.82) is 0 Å². The third kappa shape index (κ3) is 4.87. The summed E-state index contributed by atoms with van der Waals surface area (Å²) in [6, 6.07) is 2.79. The van der Waals surface area contributed by atoms with Crippen molar-refractivity contribution in [2.45, 2.75) is 24.3 Å². The smallest absolute Gasteiger partial charge is 0.240 e. The van der Waals surface area contributed by atoms with E-state index in [9.17, 15) is 21.2 Å². The van der Waals surface area contributed by atoms with E-state index in [1.807, 2.05) is 11.6 Å². The lowest BCUT2D eigenvalue weighted by molar-refractivity contribution is 0.327. The fourth-order valence-electron chi connectivity index (χ4n) is 2.36. The van der Waals surface area contributed by atoms with Gasteiger partial charge in [-0.2, -0.15) is 0 Å². The molecule has 1 aliphatic rings. The van der Waals surface area contributed by atoms with Crippen molar-refractivity contribution >= 4 is 25.7 Å². The van der Waals surface area contributed by atoms with Crippen LogP contribution in [0, 0.1) is 11.7 Å². The number of sulfonamides is 2. The average Bonchev–Trinajstić information content (AvgIpc) is 2.42. The largest absolute Gasteiger partial charge is 0.315 e. The summed E-state index contributed by atoms with van der Waals surface area (Å²) in [7, 11) is -7.52. The molecule has 7 nitrogen and oxygen atoms in total. The van der Waals surface area contributed by atoms with Gasteiger partial charge in [-0.15, -0.1) is 0 Å². The maximum Gasteiger partial charge on any atom is 0.240 e. The summed E-state index contributed by atoms with van der Waals surface area (Å²) in [4.78, 5) is -0.244. The number of benzene rings is 1. The third-order valence-corrected chi connectivity index (χ3v) is 5.76. The Morgan fingerprint density at radius 1 is 1.26 bits per heavy atom. The molecule has 0 saturated carbocycles. The molecule has 10 heteroatoms. The molecule has 2 rings (SSSR count). The lowest BCUT2D eigenvalue weighted by atomic mass is 9.96. The molecule has 2 unspecified atom stereocenters. The average molecular weight is 365 g/mol. The van der Waals surface area contributed by atoms with Crippen LogP contribution in [0.5, 0.6) is 0 Å². The molecular weight excluding hydrogens is 345 g/mol. The van der Waals surface area contributed by atoms with Crippen LogP contribution in [0.3, 0.4) is 0 Å². The van der Waals surface area contributed by atoms with Crippen molar-refractivity contribution in [3.05, 3.63) is 24.0 Å². The lowest BCUT2D eigenvalue weighted by Gasteiger charge is -2.30. The van der Waals surface area contributed by atoms with Gasteiger partial charge in [-0.25, -0.2) is 25.9 Å². The molecule has 0 radical (unpaired) electrons. The van der Waals surface area contributed by atoms with Crippen molar-refractivity contribution in [2.75, 3.05) is 24.1 Å². The molecule has 130 valence electrons. The summed E-state index contributed by atoms with van der Waals surface area (Å²) in [5.41, 5.74) is -0.292. The summed E-state index contributed by atoms with van der Waals surface area (Å²) in [6.07, 6.45) is 1.73. The second-order valence-corrected chi connectivity index (χ2v) is 9.18. The van der Waals surface area contributed by atoms with E-state index in [-0.39, 0.29) is 22.5 Å². The van der Waals surface area contributed by atoms with Crippen LogP contribution in [0.4, 0.5) is 10.1 Å². The normalized spacial score (nSPS) is 22.7. The topological polar surface area (TPSA) is 104 Å². The van der Waals surface area contributed by atoms with E-state index in [1.165, 1.54) is 6.07 Å². The fraction of sp³-hybridized carbons (Fsp3) is 0.538. The van der Waals surface area contributed by atoms with Crippen LogP contribution in [0.1, 0.15) is 13.3 Å². The molecule has 2 atom stereocenters. The van der Waals surface area contributed by atoms with Gasteiger partial charge in [0.05, 0.1) is 16.8 Å². The van der Waals surface area contributed by atoms with E-state index in [2.05, 4.69) is 10.0 Å². The monoisotopic (exact) mass is 365 g/mol. The Balaban J connectivity index is 2.21. The van der Waals surface area contributed by atoms with Crippen LogP contribution in [0.15, 0.2) is 23.1 Å². The van der Waals surface area contributed by atoms with E-state index >= 15 is 0 Å². The minimum Gasteiger partial charge on any atom is -0.315 e. The van der Waals surface area contributed by atoms with Gasteiger partial charge in [-0.05, 0) is 37.1 Å². The molecule has 0 spiro atoms. The number of halogens is 1. The molecule has 1 aliphatic heterocycles. The maximum atomic E-state index is 13.9. The van der Waals surface area contributed by atoms with Crippen LogP contribution in [-0.4, -0.2) is 42.2 Å². The van der Waals surface area contributed by atoms with Gasteiger partial charge in [0.25, 0.3) is 0 Å². The standard InChI is InChI=1S/C13H20FN3O4S2/c1-9-5-6-15-8-13(9)17-23(20,21)10-3-4-12(11(14)7-10)16-22(2,18)19/h3-4,7,9,13,15-17H,5-6,8H2,1-2H3. The highest BCUT2D eigenvalue weighted by molar-refractivity contribution is 7.92. The van der Waals surface area contributed by atoms with E-state index in [0.29, 0.717) is 6.54 Å². The molecular formula is C13H20FN3O4S2. The van der Waals surface area contributed by atoms with Gasteiger partial charge in [-0.1, -0.05) is 6.92 Å². The van der Waals surface area contributed by atoms with Crippen molar-refractivity contribution in [3.8, 4) is 0 Å². The van der Waals surface area contributed by atoms with Gasteiger partial charge < -0.3 is 5.32 Å². The van der Waals surface area contributed by atoms with Crippen LogP contribution in [0.25, 0.3) is 0 Å².